The van der Waals surface area contributed by atoms with Crippen molar-refractivity contribution in [3.63, 3.8) is 0 Å². The zero-order chi connectivity index (χ0) is 17.0. The van der Waals surface area contributed by atoms with Crippen LogP contribution >= 0.6 is 0 Å². The first-order valence-corrected chi connectivity index (χ1v) is 8.78. The van der Waals surface area contributed by atoms with E-state index in [1.54, 1.807) is 0 Å². The van der Waals surface area contributed by atoms with Crippen molar-refractivity contribution >= 4 is 0 Å². The van der Waals surface area contributed by atoms with E-state index in [2.05, 4.69) is 73.9 Å². The van der Waals surface area contributed by atoms with Crippen molar-refractivity contribution in [1.82, 2.24) is 9.13 Å². The van der Waals surface area contributed by atoms with Gasteiger partial charge in [0.1, 0.15) is 22.8 Å². The molecular weight excluding hydrogens is 284 g/mol. The van der Waals surface area contributed by atoms with Gasteiger partial charge in [-0.3, -0.25) is 0 Å². The van der Waals surface area contributed by atoms with E-state index in [0.717, 1.165) is 11.8 Å². The third-order valence-electron chi connectivity index (χ3n) is 6.52. The first-order chi connectivity index (χ1) is 10.7. The van der Waals surface area contributed by atoms with Gasteiger partial charge in [0, 0.05) is 53.4 Å². The average molecular weight is 316 g/mol. The first-order valence-electron chi connectivity index (χ1n) is 8.78. The summed E-state index contributed by atoms with van der Waals surface area (Å²) in [5, 5.41) is 0. The van der Waals surface area contributed by atoms with Gasteiger partial charge in [-0.05, 0) is 6.42 Å². The third kappa shape index (κ3) is 2.52. The summed E-state index contributed by atoms with van der Waals surface area (Å²) in [6.07, 6.45) is 1.36. The molecule has 0 N–H and O–H groups in total. The Bertz CT molecular complexity index is 648. The van der Waals surface area contributed by atoms with Crippen molar-refractivity contribution in [2.45, 2.75) is 61.1 Å². The Kier molecular flexibility index (Phi) is 3.89. The summed E-state index contributed by atoms with van der Waals surface area (Å²) in [6, 6.07) is 0. The summed E-state index contributed by atoms with van der Waals surface area (Å²) in [5.74, 6) is 4.40. The van der Waals surface area contributed by atoms with Crippen LogP contribution in [-0.4, -0.2) is 9.13 Å². The molecule has 2 aromatic rings. The maximum absolute atomic E-state index is 2.51. The summed E-state index contributed by atoms with van der Waals surface area (Å²) >= 11 is 0. The van der Waals surface area contributed by atoms with Crippen molar-refractivity contribution < 1.29 is 9.13 Å². The Balaban J connectivity index is 1.72. The van der Waals surface area contributed by atoms with Crippen molar-refractivity contribution in [2.75, 3.05) is 0 Å². The van der Waals surface area contributed by atoms with Crippen molar-refractivity contribution in [1.29, 1.82) is 0 Å². The fourth-order valence-electron chi connectivity index (χ4n) is 3.97. The highest BCUT2D eigenvalue weighted by Gasteiger charge is 2.42. The van der Waals surface area contributed by atoms with Crippen LogP contribution in [0, 0.1) is 53.4 Å². The van der Waals surface area contributed by atoms with Crippen LogP contribution in [0.5, 0.6) is 0 Å². The van der Waals surface area contributed by atoms with E-state index in [9.17, 15) is 0 Å². The molecule has 4 heteroatoms. The highest BCUT2D eigenvalue weighted by atomic mass is 15.2. The summed E-state index contributed by atoms with van der Waals surface area (Å²) in [7, 11) is 4.35. The normalized spacial score (nSPS) is 20.3. The zero-order valence-electron chi connectivity index (χ0n) is 16.1. The van der Waals surface area contributed by atoms with E-state index in [1.807, 2.05) is 0 Å². The molecule has 0 radical (unpaired) electrons. The van der Waals surface area contributed by atoms with Gasteiger partial charge >= 0.3 is 0 Å². The van der Waals surface area contributed by atoms with Crippen LogP contribution in [0.25, 0.3) is 0 Å². The van der Waals surface area contributed by atoms with E-state index < -0.39 is 0 Å². The quantitative estimate of drug-likeness (QED) is 0.769. The third-order valence-corrected chi connectivity index (χ3v) is 6.52. The van der Waals surface area contributed by atoms with E-state index >= 15 is 0 Å². The molecule has 2 heterocycles. The lowest BCUT2D eigenvalue weighted by Crippen LogP contribution is -2.42. The van der Waals surface area contributed by atoms with Crippen molar-refractivity contribution in [3.8, 4) is 0 Å². The topological polar surface area (TPSA) is 17.6 Å². The van der Waals surface area contributed by atoms with Crippen LogP contribution in [0.2, 0.25) is 0 Å². The SMILES string of the molecule is Cc1c(C)[n+](C[C@@H]2C[C@H]2C[n+]2c(C)c(C)n(C)c2C)c(C)n1C. The lowest BCUT2D eigenvalue weighted by Gasteiger charge is -2.03. The van der Waals surface area contributed by atoms with E-state index in [0.29, 0.717) is 0 Å². The van der Waals surface area contributed by atoms with Crippen molar-refractivity contribution in [3.05, 3.63) is 34.4 Å². The predicted molar refractivity (Wildman–Crippen MR) is 91.2 cm³/mol. The van der Waals surface area contributed by atoms with Crippen LogP contribution in [0.15, 0.2) is 0 Å². The van der Waals surface area contributed by atoms with Crippen LogP contribution in [0.1, 0.15) is 40.8 Å². The van der Waals surface area contributed by atoms with Gasteiger partial charge < -0.3 is 0 Å². The molecule has 3 rings (SSSR count). The molecule has 0 bridgehead atoms. The molecule has 0 spiro atoms. The fourth-order valence-corrected chi connectivity index (χ4v) is 3.97. The summed E-state index contributed by atoms with van der Waals surface area (Å²) in [6.45, 7) is 15.8. The molecule has 0 unspecified atom stereocenters. The predicted octanol–water partition coefficient (Wildman–Crippen LogP) is 2.13. The van der Waals surface area contributed by atoms with E-state index in [1.165, 1.54) is 53.9 Å². The Morgan fingerprint density at radius 2 is 1.09 bits per heavy atom. The number of nitrogens with zero attached hydrogens (tertiary/aromatic N) is 4. The van der Waals surface area contributed by atoms with Gasteiger partial charge in [0.15, 0.2) is 0 Å². The Morgan fingerprint density at radius 1 is 0.739 bits per heavy atom. The Labute approximate surface area is 140 Å². The standard InChI is InChI=1S/C19H32N4/c1-12-14(3)22(16(5)20(12)7)10-18-9-19(18)11-23-15(4)13(2)21(8)17(23)6/h18-19H,9-11H2,1-8H3/q+2/t18-,19-/m0/s1. The minimum atomic E-state index is 0.825. The molecule has 2 atom stereocenters. The summed E-state index contributed by atoms with van der Waals surface area (Å²) < 4.78 is 9.66. The summed E-state index contributed by atoms with van der Waals surface area (Å²) in [4.78, 5) is 0. The Hall–Kier alpha value is -1.58. The minimum absolute atomic E-state index is 0.825. The zero-order valence-corrected chi connectivity index (χ0v) is 16.1. The largest absolute Gasteiger partial charge is 0.253 e. The second-order valence-electron chi connectivity index (χ2n) is 7.53. The van der Waals surface area contributed by atoms with Crippen LogP contribution in [-0.2, 0) is 27.2 Å². The molecule has 0 aromatic carbocycles. The average Bonchev–Trinajstić information content (AvgIpc) is 3.21. The van der Waals surface area contributed by atoms with Crippen LogP contribution in [0.3, 0.4) is 0 Å². The van der Waals surface area contributed by atoms with Gasteiger partial charge in [0.25, 0.3) is 11.6 Å². The molecular formula is C19H32N4+2. The van der Waals surface area contributed by atoms with Gasteiger partial charge in [-0.15, -0.1) is 0 Å². The maximum atomic E-state index is 2.51. The van der Waals surface area contributed by atoms with E-state index in [4.69, 9.17) is 0 Å². The van der Waals surface area contributed by atoms with Gasteiger partial charge in [-0.2, -0.15) is 0 Å². The second-order valence-corrected chi connectivity index (χ2v) is 7.53. The lowest BCUT2D eigenvalue weighted by molar-refractivity contribution is -0.720. The highest BCUT2D eigenvalue weighted by molar-refractivity contribution is 5.07. The van der Waals surface area contributed by atoms with Gasteiger partial charge in [-0.25, -0.2) is 18.3 Å². The molecule has 1 aliphatic rings. The maximum Gasteiger partial charge on any atom is 0.253 e. The molecule has 0 aliphatic heterocycles. The summed E-state index contributed by atoms with van der Waals surface area (Å²) in [5.41, 5.74) is 5.62. The minimum Gasteiger partial charge on any atom is -0.234 e. The number of aromatic nitrogens is 4. The highest BCUT2D eigenvalue weighted by Crippen LogP contribution is 2.39. The first kappa shape index (κ1) is 16.3. The number of hydrogen-bond acceptors (Lipinski definition) is 0. The molecule has 2 aromatic heterocycles. The molecule has 4 nitrogen and oxygen atoms in total. The number of imidazole rings is 2. The fraction of sp³-hybridized carbons (Fsp3) is 0.684. The smallest absolute Gasteiger partial charge is 0.234 e. The van der Waals surface area contributed by atoms with Gasteiger partial charge in [0.05, 0.1) is 27.2 Å². The van der Waals surface area contributed by atoms with Crippen molar-refractivity contribution in [2.24, 2.45) is 25.9 Å². The van der Waals surface area contributed by atoms with Crippen LogP contribution < -0.4 is 9.13 Å². The lowest BCUT2D eigenvalue weighted by atomic mass is 10.2. The molecule has 0 amide bonds. The number of rotatable bonds is 4. The monoisotopic (exact) mass is 316 g/mol. The van der Waals surface area contributed by atoms with Crippen LogP contribution in [0.4, 0.5) is 0 Å². The number of hydrogen-bond donors (Lipinski definition) is 0. The van der Waals surface area contributed by atoms with Gasteiger partial charge in [-0.1, -0.05) is 0 Å². The Morgan fingerprint density at radius 3 is 1.35 bits per heavy atom. The molecule has 1 aliphatic carbocycles. The molecule has 126 valence electrons. The van der Waals surface area contributed by atoms with E-state index in [-0.39, 0.29) is 0 Å². The molecule has 0 saturated heterocycles. The molecule has 23 heavy (non-hydrogen) atoms. The molecule has 1 saturated carbocycles. The second kappa shape index (κ2) is 5.50. The van der Waals surface area contributed by atoms with Gasteiger partial charge in [0.2, 0.25) is 0 Å². The molecule has 1 fully saturated rings.